The molecular weight excluding hydrogens is 226 g/mol. The highest BCUT2D eigenvalue weighted by atomic mass is 16.5. The first-order valence-electron chi connectivity index (χ1n) is 6.23. The largest absolute Gasteiger partial charge is 0.493 e. The van der Waals surface area contributed by atoms with Crippen LogP contribution >= 0.6 is 0 Å². The standard InChI is InChI=1S/C15H21NO2/c1-12-5-6-14(13(9-12)10-17)18-8-4-7-15(2,3)11-16/h5-6,9,17H,4,7-8,10H2,1-3H3. The molecule has 0 saturated heterocycles. The van der Waals surface area contributed by atoms with Crippen molar-refractivity contribution in [2.24, 2.45) is 5.41 Å². The monoisotopic (exact) mass is 247 g/mol. The number of rotatable bonds is 6. The predicted octanol–water partition coefficient (Wildman–Crippen LogP) is 3.20. The number of nitrogens with zero attached hydrogens (tertiary/aromatic N) is 1. The molecule has 0 atom stereocenters. The van der Waals surface area contributed by atoms with Gasteiger partial charge in [-0.25, -0.2) is 0 Å². The number of aliphatic hydroxyl groups excluding tert-OH is 1. The first-order chi connectivity index (χ1) is 8.48. The Bertz CT molecular complexity index is 433. The molecule has 0 unspecified atom stereocenters. The summed E-state index contributed by atoms with van der Waals surface area (Å²) in [6, 6.07) is 8.05. The normalized spacial score (nSPS) is 11.1. The third-order valence-corrected chi connectivity index (χ3v) is 2.89. The molecule has 1 aromatic carbocycles. The summed E-state index contributed by atoms with van der Waals surface area (Å²) < 4.78 is 5.65. The molecule has 0 radical (unpaired) electrons. The summed E-state index contributed by atoms with van der Waals surface area (Å²) in [5.74, 6) is 0.734. The van der Waals surface area contributed by atoms with Crippen LogP contribution in [0.3, 0.4) is 0 Å². The summed E-state index contributed by atoms with van der Waals surface area (Å²) in [7, 11) is 0. The smallest absolute Gasteiger partial charge is 0.124 e. The van der Waals surface area contributed by atoms with Gasteiger partial charge in [-0.3, -0.25) is 0 Å². The Kier molecular flexibility index (Phi) is 5.18. The summed E-state index contributed by atoms with van der Waals surface area (Å²) in [6.07, 6.45) is 1.64. The van der Waals surface area contributed by atoms with Gasteiger partial charge in [-0.05, 0) is 39.7 Å². The number of aliphatic hydroxyl groups is 1. The van der Waals surface area contributed by atoms with E-state index in [1.807, 2.05) is 39.0 Å². The van der Waals surface area contributed by atoms with Crippen LogP contribution in [0, 0.1) is 23.7 Å². The molecule has 0 bridgehead atoms. The summed E-state index contributed by atoms with van der Waals surface area (Å²) >= 11 is 0. The van der Waals surface area contributed by atoms with Gasteiger partial charge in [0, 0.05) is 5.56 Å². The van der Waals surface area contributed by atoms with E-state index in [4.69, 9.17) is 10.00 Å². The van der Waals surface area contributed by atoms with Crippen LogP contribution in [0.2, 0.25) is 0 Å². The van der Waals surface area contributed by atoms with Crippen molar-refractivity contribution >= 4 is 0 Å². The third-order valence-electron chi connectivity index (χ3n) is 2.89. The molecule has 0 aliphatic heterocycles. The molecular formula is C15H21NO2. The first-order valence-corrected chi connectivity index (χ1v) is 6.23. The Balaban J connectivity index is 2.47. The lowest BCUT2D eigenvalue weighted by Crippen LogP contribution is -2.10. The van der Waals surface area contributed by atoms with E-state index in [1.54, 1.807) is 0 Å². The minimum absolute atomic E-state index is 0.0132. The van der Waals surface area contributed by atoms with Crippen molar-refractivity contribution in [3.8, 4) is 11.8 Å². The topological polar surface area (TPSA) is 53.2 Å². The molecule has 3 heteroatoms. The van der Waals surface area contributed by atoms with Crippen molar-refractivity contribution in [3.63, 3.8) is 0 Å². The van der Waals surface area contributed by atoms with E-state index in [1.165, 1.54) is 0 Å². The van der Waals surface area contributed by atoms with E-state index in [0.717, 1.165) is 29.7 Å². The van der Waals surface area contributed by atoms with Crippen molar-refractivity contribution in [1.82, 2.24) is 0 Å². The highest BCUT2D eigenvalue weighted by molar-refractivity contribution is 5.36. The highest BCUT2D eigenvalue weighted by Crippen LogP contribution is 2.23. The van der Waals surface area contributed by atoms with Gasteiger partial charge in [0.15, 0.2) is 0 Å². The van der Waals surface area contributed by atoms with Crippen LogP contribution < -0.4 is 4.74 Å². The first kappa shape index (κ1) is 14.5. The molecule has 0 aromatic heterocycles. The van der Waals surface area contributed by atoms with E-state index in [9.17, 15) is 5.11 Å². The molecule has 98 valence electrons. The average molecular weight is 247 g/mol. The van der Waals surface area contributed by atoms with Gasteiger partial charge in [0.25, 0.3) is 0 Å². The minimum atomic E-state index is -0.295. The maximum Gasteiger partial charge on any atom is 0.124 e. The molecule has 18 heavy (non-hydrogen) atoms. The SMILES string of the molecule is Cc1ccc(OCCCC(C)(C)C#N)c(CO)c1. The Hall–Kier alpha value is -1.53. The Morgan fingerprint density at radius 3 is 2.72 bits per heavy atom. The van der Waals surface area contributed by atoms with Crippen molar-refractivity contribution in [2.45, 2.75) is 40.2 Å². The molecule has 0 aliphatic rings. The maximum absolute atomic E-state index is 9.24. The lowest BCUT2D eigenvalue weighted by atomic mass is 9.90. The molecule has 0 fully saturated rings. The molecule has 0 saturated carbocycles. The van der Waals surface area contributed by atoms with Crippen LogP contribution in [0.5, 0.6) is 5.75 Å². The Morgan fingerprint density at radius 1 is 1.39 bits per heavy atom. The van der Waals surface area contributed by atoms with Crippen molar-refractivity contribution in [3.05, 3.63) is 29.3 Å². The van der Waals surface area contributed by atoms with Crippen molar-refractivity contribution in [2.75, 3.05) is 6.61 Å². The molecule has 3 nitrogen and oxygen atoms in total. The number of benzene rings is 1. The molecule has 1 rings (SSSR count). The van der Waals surface area contributed by atoms with Crippen molar-refractivity contribution in [1.29, 1.82) is 5.26 Å². The van der Waals surface area contributed by atoms with Gasteiger partial charge in [0.2, 0.25) is 0 Å². The van der Waals surface area contributed by atoms with E-state index < -0.39 is 0 Å². The van der Waals surface area contributed by atoms with Gasteiger partial charge in [-0.15, -0.1) is 0 Å². The van der Waals surface area contributed by atoms with Gasteiger partial charge in [0.05, 0.1) is 24.7 Å². The number of nitriles is 1. The summed E-state index contributed by atoms with van der Waals surface area (Å²) in [6.45, 7) is 6.40. The minimum Gasteiger partial charge on any atom is -0.493 e. The molecule has 1 N–H and O–H groups in total. The second kappa shape index (κ2) is 6.42. The average Bonchev–Trinajstić information content (AvgIpc) is 2.36. The van der Waals surface area contributed by atoms with E-state index >= 15 is 0 Å². The maximum atomic E-state index is 9.24. The predicted molar refractivity (Wildman–Crippen MR) is 71.2 cm³/mol. The van der Waals surface area contributed by atoms with Crippen LogP contribution in [-0.4, -0.2) is 11.7 Å². The molecule has 0 aliphatic carbocycles. The molecule has 0 amide bonds. The van der Waals surface area contributed by atoms with Crippen LogP contribution in [0.15, 0.2) is 18.2 Å². The summed E-state index contributed by atoms with van der Waals surface area (Å²) in [5, 5.41) is 18.1. The number of ether oxygens (including phenoxy) is 1. The van der Waals surface area contributed by atoms with E-state index in [-0.39, 0.29) is 12.0 Å². The second-order valence-electron chi connectivity index (χ2n) is 5.22. The Labute approximate surface area is 109 Å². The van der Waals surface area contributed by atoms with Crippen LogP contribution in [-0.2, 0) is 6.61 Å². The fourth-order valence-corrected chi connectivity index (χ4v) is 1.72. The van der Waals surface area contributed by atoms with Gasteiger partial charge in [0.1, 0.15) is 5.75 Å². The molecule has 1 aromatic rings. The zero-order valence-electron chi connectivity index (χ0n) is 11.4. The van der Waals surface area contributed by atoms with Gasteiger partial charge in [-0.2, -0.15) is 5.26 Å². The summed E-state index contributed by atoms with van der Waals surface area (Å²) in [5.41, 5.74) is 1.63. The second-order valence-corrected chi connectivity index (χ2v) is 5.22. The third kappa shape index (κ3) is 4.38. The highest BCUT2D eigenvalue weighted by Gasteiger charge is 2.15. The number of aryl methyl sites for hydroxylation is 1. The van der Waals surface area contributed by atoms with Crippen LogP contribution in [0.1, 0.15) is 37.8 Å². The van der Waals surface area contributed by atoms with Crippen LogP contribution in [0.25, 0.3) is 0 Å². The number of hydrogen-bond donors (Lipinski definition) is 1. The fraction of sp³-hybridized carbons (Fsp3) is 0.533. The van der Waals surface area contributed by atoms with Gasteiger partial charge in [-0.1, -0.05) is 17.7 Å². The van der Waals surface area contributed by atoms with E-state index in [2.05, 4.69) is 6.07 Å². The Morgan fingerprint density at radius 2 is 2.11 bits per heavy atom. The lowest BCUT2D eigenvalue weighted by molar-refractivity contribution is 0.254. The van der Waals surface area contributed by atoms with E-state index in [0.29, 0.717) is 6.61 Å². The van der Waals surface area contributed by atoms with Crippen molar-refractivity contribution < 1.29 is 9.84 Å². The molecule has 0 heterocycles. The number of hydrogen-bond acceptors (Lipinski definition) is 3. The van der Waals surface area contributed by atoms with Gasteiger partial charge < -0.3 is 9.84 Å². The molecule has 0 spiro atoms. The van der Waals surface area contributed by atoms with Gasteiger partial charge >= 0.3 is 0 Å². The lowest BCUT2D eigenvalue weighted by Gasteiger charge is -2.15. The summed E-state index contributed by atoms with van der Waals surface area (Å²) in [4.78, 5) is 0. The zero-order valence-corrected chi connectivity index (χ0v) is 11.4. The quantitative estimate of drug-likeness (QED) is 0.785. The zero-order chi connectivity index (χ0) is 13.6. The van der Waals surface area contributed by atoms with Crippen LogP contribution in [0.4, 0.5) is 0 Å². The fourth-order valence-electron chi connectivity index (χ4n) is 1.72.